The fourth-order valence-electron chi connectivity index (χ4n) is 1.68. The van der Waals surface area contributed by atoms with E-state index in [1.165, 1.54) is 0 Å². The number of aromatic nitrogens is 2. The average molecular weight is 244 g/mol. The maximum atomic E-state index is 5.39. The molecule has 5 heteroatoms. The van der Waals surface area contributed by atoms with Gasteiger partial charge >= 0.3 is 0 Å². The molecule has 0 aliphatic heterocycles. The van der Waals surface area contributed by atoms with Crippen LogP contribution in [0.15, 0.2) is 35.4 Å². The van der Waals surface area contributed by atoms with E-state index in [2.05, 4.69) is 9.97 Å². The average Bonchev–Trinajstić information content (AvgIpc) is 2.38. The molecule has 2 heterocycles. The van der Waals surface area contributed by atoms with Gasteiger partial charge in [-0.25, -0.2) is 0 Å². The van der Waals surface area contributed by atoms with Gasteiger partial charge in [0.2, 0.25) is 0 Å². The molecule has 0 saturated heterocycles. The van der Waals surface area contributed by atoms with Crippen LogP contribution in [0.3, 0.4) is 0 Å². The van der Waals surface area contributed by atoms with E-state index in [0.717, 1.165) is 27.6 Å². The van der Waals surface area contributed by atoms with Crippen molar-refractivity contribution in [2.24, 2.45) is 0 Å². The van der Waals surface area contributed by atoms with Gasteiger partial charge in [0.1, 0.15) is 5.75 Å². The normalized spacial score (nSPS) is 10.2. The predicted molar refractivity (Wildman–Crippen MR) is 74.0 cm³/mol. The topological polar surface area (TPSA) is 35.0 Å². The van der Waals surface area contributed by atoms with Gasteiger partial charge < -0.3 is 4.74 Å². The summed E-state index contributed by atoms with van der Waals surface area (Å²) in [6.07, 6.45) is 3.79. The van der Waals surface area contributed by atoms with Gasteiger partial charge in [0, 0.05) is 17.9 Å². The van der Waals surface area contributed by atoms with Crippen LogP contribution in [0.4, 0.5) is 0 Å². The number of pyridine rings is 2. The van der Waals surface area contributed by atoms with Crippen LogP contribution < -0.4 is 10.3 Å². The quantitative estimate of drug-likeness (QED) is 0.599. The summed E-state index contributed by atoms with van der Waals surface area (Å²) < 4.78 is 5.39. The van der Waals surface area contributed by atoms with Crippen LogP contribution in [0.5, 0.6) is 5.75 Å². The lowest BCUT2D eigenvalue weighted by Crippen LogP contribution is -2.13. The summed E-state index contributed by atoms with van der Waals surface area (Å²) in [7, 11) is 3.66. The van der Waals surface area contributed by atoms with Crippen LogP contribution in [0.2, 0.25) is 0 Å². The first-order valence-electron chi connectivity index (χ1n) is 5.27. The largest absolute Gasteiger partial charge is 0.495 e. The summed E-state index contributed by atoms with van der Waals surface area (Å²) >= 11 is 1.64. The Morgan fingerprint density at radius 3 is 2.71 bits per heavy atom. The molecule has 0 amide bonds. The van der Waals surface area contributed by atoms with E-state index in [4.69, 9.17) is 4.74 Å². The van der Waals surface area contributed by atoms with Crippen LogP contribution in [0.1, 0.15) is 0 Å². The van der Waals surface area contributed by atoms with Crippen LogP contribution >= 0.6 is 11.8 Å². The Labute approximate surface area is 106 Å². The van der Waals surface area contributed by atoms with Crippen molar-refractivity contribution >= 4 is 25.2 Å². The SMILES string of the molecule is Bc1nc(-c2ccccn2)cc(OC)c1SC. The lowest BCUT2D eigenvalue weighted by Gasteiger charge is -2.11. The first kappa shape index (κ1) is 12.0. The second-order valence-corrected chi connectivity index (χ2v) is 4.36. The Morgan fingerprint density at radius 1 is 1.29 bits per heavy atom. The molecule has 2 aromatic rings. The summed E-state index contributed by atoms with van der Waals surface area (Å²) in [6, 6.07) is 7.72. The molecule has 0 fully saturated rings. The number of thioether (sulfide) groups is 1. The molecule has 0 aromatic carbocycles. The van der Waals surface area contributed by atoms with Crippen molar-refractivity contribution in [1.82, 2.24) is 9.97 Å². The van der Waals surface area contributed by atoms with E-state index in [1.54, 1.807) is 25.1 Å². The fraction of sp³-hybridized carbons (Fsp3) is 0.167. The molecule has 0 saturated carbocycles. The van der Waals surface area contributed by atoms with Crippen molar-refractivity contribution in [3.05, 3.63) is 30.5 Å². The molecule has 0 atom stereocenters. The third-order valence-electron chi connectivity index (χ3n) is 2.46. The predicted octanol–water partition coefficient (Wildman–Crippen LogP) is 1.13. The second kappa shape index (κ2) is 5.23. The molecule has 0 radical (unpaired) electrons. The van der Waals surface area contributed by atoms with Crippen molar-refractivity contribution in [3.63, 3.8) is 0 Å². The first-order valence-corrected chi connectivity index (χ1v) is 6.49. The number of hydrogen-bond donors (Lipinski definition) is 0. The molecule has 17 heavy (non-hydrogen) atoms. The van der Waals surface area contributed by atoms with Gasteiger partial charge in [-0.3, -0.25) is 9.97 Å². The van der Waals surface area contributed by atoms with Crippen LogP contribution in [0, 0.1) is 0 Å². The number of nitrogens with zero attached hydrogens (tertiary/aromatic N) is 2. The van der Waals surface area contributed by atoms with Gasteiger partial charge in [-0.05, 0) is 18.4 Å². The minimum absolute atomic E-state index is 0.845. The molecule has 2 rings (SSSR count). The fourth-order valence-corrected chi connectivity index (χ4v) is 2.36. The third kappa shape index (κ3) is 2.44. The van der Waals surface area contributed by atoms with Gasteiger partial charge in [-0.1, -0.05) is 6.07 Å². The van der Waals surface area contributed by atoms with E-state index >= 15 is 0 Å². The summed E-state index contributed by atoms with van der Waals surface area (Å²) in [6.45, 7) is 0. The van der Waals surface area contributed by atoms with Crippen molar-refractivity contribution in [2.45, 2.75) is 4.90 Å². The zero-order chi connectivity index (χ0) is 12.3. The van der Waals surface area contributed by atoms with Crippen LogP contribution in [0.25, 0.3) is 11.4 Å². The first-order chi connectivity index (χ1) is 8.26. The lowest BCUT2D eigenvalue weighted by molar-refractivity contribution is 0.405. The van der Waals surface area contributed by atoms with Crippen molar-refractivity contribution < 1.29 is 4.74 Å². The Bertz CT molecular complexity index is 519. The molecule has 86 valence electrons. The summed E-state index contributed by atoms with van der Waals surface area (Å²) in [5.74, 6) is 0.852. The van der Waals surface area contributed by atoms with E-state index < -0.39 is 0 Å². The molecular formula is C12H13BN2OS. The molecule has 0 unspecified atom stereocenters. The number of rotatable bonds is 3. The summed E-state index contributed by atoms with van der Waals surface area (Å²) in [5, 5.41) is 0. The van der Waals surface area contributed by atoms with Crippen molar-refractivity contribution in [2.75, 3.05) is 13.4 Å². The second-order valence-electron chi connectivity index (χ2n) is 3.54. The van der Waals surface area contributed by atoms with Gasteiger partial charge in [-0.2, -0.15) is 0 Å². The number of hydrogen-bond acceptors (Lipinski definition) is 4. The van der Waals surface area contributed by atoms with Crippen LogP contribution in [-0.2, 0) is 0 Å². The molecule has 0 aliphatic carbocycles. The van der Waals surface area contributed by atoms with Crippen molar-refractivity contribution in [3.8, 4) is 17.1 Å². The molecule has 0 aliphatic rings. The van der Waals surface area contributed by atoms with E-state index in [1.807, 2.05) is 38.4 Å². The number of ether oxygens (including phenoxy) is 1. The molecule has 0 N–H and O–H groups in total. The number of methoxy groups -OCH3 is 1. The highest BCUT2D eigenvalue weighted by molar-refractivity contribution is 7.99. The molecule has 0 spiro atoms. The highest BCUT2D eigenvalue weighted by Crippen LogP contribution is 2.28. The van der Waals surface area contributed by atoms with Gasteiger partial charge in [0.15, 0.2) is 7.85 Å². The zero-order valence-corrected chi connectivity index (χ0v) is 10.9. The van der Waals surface area contributed by atoms with E-state index in [0.29, 0.717) is 0 Å². The third-order valence-corrected chi connectivity index (χ3v) is 3.36. The minimum atomic E-state index is 0.845. The molecule has 2 aromatic heterocycles. The van der Waals surface area contributed by atoms with E-state index in [-0.39, 0.29) is 0 Å². The maximum Gasteiger partial charge on any atom is 0.165 e. The molecular weight excluding hydrogens is 231 g/mol. The zero-order valence-electron chi connectivity index (χ0n) is 10.1. The lowest BCUT2D eigenvalue weighted by atomic mass is 10.0. The van der Waals surface area contributed by atoms with Crippen molar-refractivity contribution in [1.29, 1.82) is 0 Å². The van der Waals surface area contributed by atoms with Gasteiger partial charge in [0.25, 0.3) is 0 Å². The van der Waals surface area contributed by atoms with Gasteiger partial charge in [-0.15, -0.1) is 11.8 Å². The Hall–Kier alpha value is -1.49. The standard InChI is InChI=1S/C12H13BN2OS/c1-16-10-7-9(8-5-3-4-6-14-8)15-12(13)11(10)17-2/h3-7H,13H2,1-2H3. The van der Waals surface area contributed by atoms with E-state index in [9.17, 15) is 0 Å². The van der Waals surface area contributed by atoms with Gasteiger partial charge in [0.05, 0.1) is 23.4 Å². The summed E-state index contributed by atoms with van der Waals surface area (Å²) in [5.41, 5.74) is 2.68. The highest BCUT2D eigenvalue weighted by Gasteiger charge is 2.10. The smallest absolute Gasteiger partial charge is 0.165 e. The van der Waals surface area contributed by atoms with Crippen LogP contribution in [-0.4, -0.2) is 31.2 Å². The molecule has 3 nitrogen and oxygen atoms in total. The Kier molecular flexibility index (Phi) is 3.69. The summed E-state index contributed by atoms with van der Waals surface area (Å²) in [4.78, 5) is 9.93. The monoisotopic (exact) mass is 244 g/mol. The Morgan fingerprint density at radius 2 is 2.12 bits per heavy atom. The highest BCUT2D eigenvalue weighted by atomic mass is 32.2. The maximum absolute atomic E-state index is 5.39. The molecule has 0 bridgehead atoms. The Balaban J connectivity index is 2.54. The minimum Gasteiger partial charge on any atom is -0.495 e.